The number of aliphatic imine (C=N–C) groups is 1. The average molecular weight is 377 g/mol. The van der Waals surface area contributed by atoms with Crippen molar-refractivity contribution in [3.05, 3.63) is 50.9 Å². The molecule has 1 aliphatic rings. The molecule has 1 aromatic carbocycles. The lowest BCUT2D eigenvalue weighted by Crippen LogP contribution is -2.49. The Morgan fingerprint density at radius 2 is 2.04 bits per heavy atom. The van der Waals surface area contributed by atoms with Crippen molar-refractivity contribution in [2.45, 2.75) is 38.0 Å². The highest BCUT2D eigenvalue weighted by molar-refractivity contribution is 7.11. The summed E-state index contributed by atoms with van der Waals surface area (Å²) in [6, 6.07) is 8.29. The molecule has 25 heavy (non-hydrogen) atoms. The summed E-state index contributed by atoms with van der Waals surface area (Å²) in [5.74, 6) is 0.855. The molecule has 0 amide bonds. The van der Waals surface area contributed by atoms with Crippen LogP contribution in [-0.4, -0.2) is 31.1 Å². The van der Waals surface area contributed by atoms with Crippen LogP contribution in [-0.2, 0) is 11.8 Å². The molecule has 3 rings (SSSR count). The van der Waals surface area contributed by atoms with Gasteiger partial charge in [0.15, 0.2) is 5.96 Å². The Labute approximate surface area is 158 Å². The Balaban J connectivity index is 1.52. The molecule has 0 saturated heterocycles. The van der Waals surface area contributed by atoms with Gasteiger partial charge in [-0.25, -0.2) is 4.98 Å². The molecule has 0 spiro atoms. The first kappa shape index (κ1) is 18.2. The van der Waals surface area contributed by atoms with Crippen molar-refractivity contribution < 1.29 is 0 Å². The van der Waals surface area contributed by atoms with Crippen LogP contribution >= 0.6 is 22.9 Å². The first-order valence-corrected chi connectivity index (χ1v) is 9.93. The second-order valence-electron chi connectivity index (χ2n) is 6.61. The minimum absolute atomic E-state index is 0.203. The molecule has 2 N–H and O–H groups in total. The van der Waals surface area contributed by atoms with Gasteiger partial charge in [0.2, 0.25) is 0 Å². The predicted octanol–water partition coefficient (Wildman–Crippen LogP) is 3.93. The second-order valence-corrected chi connectivity index (χ2v) is 8.36. The van der Waals surface area contributed by atoms with Gasteiger partial charge in [-0.05, 0) is 37.5 Å². The summed E-state index contributed by atoms with van der Waals surface area (Å²) in [6.07, 6.45) is 6.54. The Hall–Kier alpha value is -1.59. The third-order valence-electron chi connectivity index (χ3n) is 4.89. The Morgan fingerprint density at radius 1 is 1.28 bits per heavy atom. The zero-order valence-corrected chi connectivity index (χ0v) is 16.4. The van der Waals surface area contributed by atoms with E-state index in [9.17, 15) is 0 Å². The highest BCUT2D eigenvalue weighted by atomic mass is 35.5. The molecule has 1 aromatic heterocycles. The molecule has 2 aromatic rings. The van der Waals surface area contributed by atoms with Gasteiger partial charge in [0.25, 0.3) is 0 Å². The molecule has 0 atom stereocenters. The van der Waals surface area contributed by atoms with Crippen LogP contribution in [0, 0.1) is 6.92 Å². The van der Waals surface area contributed by atoms with E-state index in [1.54, 1.807) is 11.3 Å². The molecular weight excluding hydrogens is 352 g/mol. The van der Waals surface area contributed by atoms with Crippen molar-refractivity contribution in [3.8, 4) is 0 Å². The highest BCUT2D eigenvalue weighted by Gasteiger charge is 2.38. The molecule has 1 fully saturated rings. The monoisotopic (exact) mass is 376 g/mol. The molecule has 0 unspecified atom stereocenters. The van der Waals surface area contributed by atoms with Crippen LogP contribution in [0.4, 0.5) is 0 Å². The van der Waals surface area contributed by atoms with Crippen molar-refractivity contribution in [1.82, 2.24) is 15.6 Å². The summed E-state index contributed by atoms with van der Waals surface area (Å²) in [4.78, 5) is 10.0. The lowest BCUT2D eigenvalue weighted by atomic mass is 9.64. The number of nitrogens with one attached hydrogen (secondary N) is 2. The summed E-state index contributed by atoms with van der Waals surface area (Å²) >= 11 is 7.79. The van der Waals surface area contributed by atoms with E-state index in [1.807, 2.05) is 25.4 Å². The van der Waals surface area contributed by atoms with E-state index < -0.39 is 0 Å². The lowest BCUT2D eigenvalue weighted by molar-refractivity contribution is 0.244. The van der Waals surface area contributed by atoms with E-state index in [2.05, 4.69) is 39.7 Å². The van der Waals surface area contributed by atoms with Crippen molar-refractivity contribution in [2.75, 3.05) is 20.1 Å². The van der Waals surface area contributed by atoms with Crippen molar-refractivity contribution in [1.29, 1.82) is 0 Å². The topological polar surface area (TPSA) is 49.3 Å². The minimum atomic E-state index is 0.203. The van der Waals surface area contributed by atoms with Gasteiger partial charge >= 0.3 is 0 Å². The van der Waals surface area contributed by atoms with Gasteiger partial charge < -0.3 is 10.6 Å². The van der Waals surface area contributed by atoms with Crippen LogP contribution < -0.4 is 10.6 Å². The van der Waals surface area contributed by atoms with E-state index in [0.717, 1.165) is 35.5 Å². The maximum Gasteiger partial charge on any atom is 0.191 e. The largest absolute Gasteiger partial charge is 0.356 e. The second kappa shape index (κ2) is 8.19. The van der Waals surface area contributed by atoms with Gasteiger partial charge in [0.1, 0.15) is 0 Å². The van der Waals surface area contributed by atoms with Gasteiger partial charge in [-0.2, -0.15) is 0 Å². The summed E-state index contributed by atoms with van der Waals surface area (Å²) in [6.45, 7) is 3.81. The third kappa shape index (κ3) is 4.53. The maximum absolute atomic E-state index is 6.03. The number of halogens is 1. The van der Waals surface area contributed by atoms with Crippen molar-refractivity contribution >= 4 is 28.9 Å². The van der Waals surface area contributed by atoms with Crippen LogP contribution in [0.3, 0.4) is 0 Å². The first-order valence-electron chi connectivity index (χ1n) is 8.73. The number of thiazole rings is 1. The number of aryl methyl sites for hydroxylation is 1. The maximum atomic E-state index is 6.03. The van der Waals surface area contributed by atoms with Crippen LogP contribution in [0.2, 0.25) is 5.02 Å². The van der Waals surface area contributed by atoms with Crippen molar-refractivity contribution in [2.24, 2.45) is 4.99 Å². The molecular formula is C19H25ClN4S. The summed E-state index contributed by atoms with van der Waals surface area (Å²) in [5.41, 5.74) is 1.57. The summed E-state index contributed by atoms with van der Waals surface area (Å²) in [5, 5.41) is 8.86. The van der Waals surface area contributed by atoms with Gasteiger partial charge in [-0.1, -0.05) is 30.2 Å². The van der Waals surface area contributed by atoms with Gasteiger partial charge in [0, 0.05) is 48.1 Å². The molecule has 1 aliphatic carbocycles. The Bertz CT molecular complexity index is 719. The zero-order valence-electron chi connectivity index (χ0n) is 14.8. The van der Waals surface area contributed by atoms with Gasteiger partial charge in [0.05, 0.1) is 5.01 Å². The van der Waals surface area contributed by atoms with Crippen LogP contribution in [0.5, 0.6) is 0 Å². The number of rotatable bonds is 6. The van der Waals surface area contributed by atoms with E-state index in [1.165, 1.54) is 29.7 Å². The summed E-state index contributed by atoms with van der Waals surface area (Å²) < 4.78 is 0. The number of hydrogen-bond donors (Lipinski definition) is 2. The molecule has 134 valence electrons. The molecule has 1 saturated carbocycles. The lowest BCUT2D eigenvalue weighted by Gasteiger charge is -2.43. The van der Waals surface area contributed by atoms with E-state index in [-0.39, 0.29) is 5.41 Å². The number of guanidine groups is 1. The van der Waals surface area contributed by atoms with Gasteiger partial charge in [-0.3, -0.25) is 4.99 Å². The summed E-state index contributed by atoms with van der Waals surface area (Å²) in [7, 11) is 1.82. The first-order chi connectivity index (χ1) is 12.1. The predicted molar refractivity (Wildman–Crippen MR) is 107 cm³/mol. The molecule has 0 radical (unpaired) electrons. The van der Waals surface area contributed by atoms with E-state index in [0.29, 0.717) is 0 Å². The molecule has 1 heterocycles. The van der Waals surface area contributed by atoms with E-state index >= 15 is 0 Å². The number of benzene rings is 1. The SMILES string of the molecule is CN=C(NCCc1ncc(C)s1)NCC1(c2ccc(Cl)cc2)CCC1. The van der Waals surface area contributed by atoms with Crippen LogP contribution in [0.1, 0.15) is 34.7 Å². The number of hydrogen-bond acceptors (Lipinski definition) is 3. The normalized spacial score (nSPS) is 16.4. The van der Waals surface area contributed by atoms with E-state index in [4.69, 9.17) is 11.6 Å². The molecule has 0 bridgehead atoms. The van der Waals surface area contributed by atoms with Crippen LogP contribution in [0.25, 0.3) is 0 Å². The average Bonchev–Trinajstić information content (AvgIpc) is 2.99. The fraction of sp³-hybridized carbons (Fsp3) is 0.474. The molecule has 0 aliphatic heterocycles. The minimum Gasteiger partial charge on any atom is -0.356 e. The van der Waals surface area contributed by atoms with Crippen molar-refractivity contribution in [3.63, 3.8) is 0 Å². The zero-order chi connectivity index (χ0) is 17.7. The standard InChI is InChI=1S/C19H25ClN4S/c1-14-12-23-17(25-14)8-11-22-18(21-2)24-13-19(9-3-10-19)15-4-6-16(20)7-5-15/h4-7,12H,3,8-11,13H2,1-2H3,(H2,21,22,24). The quantitative estimate of drug-likeness (QED) is 0.593. The Morgan fingerprint density at radius 3 is 2.60 bits per heavy atom. The molecule has 4 nitrogen and oxygen atoms in total. The molecule has 6 heteroatoms. The fourth-order valence-electron chi connectivity index (χ4n) is 3.25. The smallest absolute Gasteiger partial charge is 0.191 e. The fourth-order valence-corrected chi connectivity index (χ4v) is 4.17. The highest BCUT2D eigenvalue weighted by Crippen LogP contribution is 2.43. The number of aromatic nitrogens is 1. The van der Waals surface area contributed by atoms with Crippen LogP contribution in [0.15, 0.2) is 35.5 Å². The third-order valence-corrected chi connectivity index (χ3v) is 6.11. The van der Waals surface area contributed by atoms with Gasteiger partial charge in [-0.15, -0.1) is 11.3 Å². The number of nitrogens with zero attached hydrogens (tertiary/aromatic N) is 2. The Kier molecular flexibility index (Phi) is 5.97.